The van der Waals surface area contributed by atoms with Crippen molar-refractivity contribution in [1.82, 2.24) is 4.90 Å². The van der Waals surface area contributed by atoms with Crippen molar-refractivity contribution in [2.45, 2.75) is 12.6 Å². The maximum Gasteiger partial charge on any atom is 0.123 e. The monoisotopic (exact) mass is 294 g/mol. The second-order valence-electron chi connectivity index (χ2n) is 4.20. The molecule has 6 heteroatoms. The first-order valence-corrected chi connectivity index (χ1v) is 6.05. The molecule has 0 spiro atoms. The van der Waals surface area contributed by atoms with Crippen molar-refractivity contribution in [3.63, 3.8) is 0 Å². The highest BCUT2D eigenvalue weighted by Gasteiger charge is 2.19. The van der Waals surface area contributed by atoms with Crippen LogP contribution in [0.15, 0.2) is 18.2 Å². The third kappa shape index (κ3) is 4.07. The SMILES string of the molecule is Cl.NCC1CN(Cc2cc(F)ccc2Cl)CCO1. The molecule has 1 aromatic carbocycles. The molecule has 3 nitrogen and oxygen atoms in total. The average molecular weight is 295 g/mol. The van der Waals surface area contributed by atoms with Gasteiger partial charge in [0, 0.05) is 31.2 Å². The summed E-state index contributed by atoms with van der Waals surface area (Å²) in [6.07, 6.45) is 0.0658. The van der Waals surface area contributed by atoms with Crippen LogP contribution in [-0.2, 0) is 11.3 Å². The summed E-state index contributed by atoms with van der Waals surface area (Å²) in [5.41, 5.74) is 6.38. The quantitative estimate of drug-likeness (QED) is 0.927. The smallest absolute Gasteiger partial charge is 0.123 e. The lowest BCUT2D eigenvalue weighted by atomic mass is 10.2. The Hall–Kier alpha value is -0.390. The van der Waals surface area contributed by atoms with Crippen molar-refractivity contribution in [3.05, 3.63) is 34.6 Å². The lowest BCUT2D eigenvalue weighted by Gasteiger charge is -2.32. The topological polar surface area (TPSA) is 38.5 Å². The molecule has 1 aliphatic heterocycles. The number of rotatable bonds is 3. The predicted octanol–water partition coefficient (Wildman–Crippen LogP) is 2.06. The molecule has 1 saturated heterocycles. The van der Waals surface area contributed by atoms with Crippen LogP contribution in [0.2, 0.25) is 5.02 Å². The summed E-state index contributed by atoms with van der Waals surface area (Å²) in [6.45, 7) is 3.39. The number of ether oxygens (including phenoxy) is 1. The summed E-state index contributed by atoms with van der Waals surface area (Å²) in [6, 6.07) is 4.44. The Balaban J connectivity index is 0.00000162. The van der Waals surface area contributed by atoms with Gasteiger partial charge in [-0.05, 0) is 23.8 Å². The standard InChI is InChI=1S/C12H16ClFN2O.ClH/c13-12-2-1-10(14)5-9(12)7-16-3-4-17-11(6-15)8-16;/h1-2,5,11H,3-4,6-8,15H2;1H. The molecule has 1 fully saturated rings. The molecule has 0 aromatic heterocycles. The molecular weight excluding hydrogens is 278 g/mol. The molecule has 1 unspecified atom stereocenters. The van der Waals surface area contributed by atoms with Crippen molar-refractivity contribution in [2.75, 3.05) is 26.2 Å². The van der Waals surface area contributed by atoms with Crippen LogP contribution < -0.4 is 5.73 Å². The van der Waals surface area contributed by atoms with E-state index in [0.29, 0.717) is 24.7 Å². The normalized spacial score (nSPS) is 20.5. The fourth-order valence-corrected chi connectivity index (χ4v) is 2.15. The highest BCUT2D eigenvalue weighted by molar-refractivity contribution is 6.31. The van der Waals surface area contributed by atoms with E-state index in [2.05, 4.69) is 4.90 Å². The van der Waals surface area contributed by atoms with Crippen LogP contribution in [0.3, 0.4) is 0 Å². The summed E-state index contributed by atoms with van der Waals surface area (Å²) in [5, 5.41) is 0.599. The highest BCUT2D eigenvalue weighted by atomic mass is 35.5. The van der Waals surface area contributed by atoms with Crippen LogP contribution in [0.5, 0.6) is 0 Å². The van der Waals surface area contributed by atoms with Gasteiger partial charge in [0.25, 0.3) is 0 Å². The first-order chi connectivity index (χ1) is 8.19. The van der Waals surface area contributed by atoms with E-state index in [9.17, 15) is 4.39 Å². The van der Waals surface area contributed by atoms with Gasteiger partial charge in [-0.3, -0.25) is 4.90 Å². The lowest BCUT2D eigenvalue weighted by molar-refractivity contribution is -0.0260. The fourth-order valence-electron chi connectivity index (χ4n) is 1.97. The molecule has 1 atom stereocenters. The summed E-state index contributed by atoms with van der Waals surface area (Å²) in [7, 11) is 0. The molecule has 1 aliphatic rings. The van der Waals surface area contributed by atoms with Crippen LogP contribution in [0.4, 0.5) is 4.39 Å². The van der Waals surface area contributed by atoms with Crippen LogP contribution >= 0.6 is 24.0 Å². The average Bonchev–Trinajstić information content (AvgIpc) is 2.34. The molecule has 2 N–H and O–H groups in total. The first-order valence-electron chi connectivity index (χ1n) is 5.67. The molecule has 0 saturated carbocycles. The fraction of sp³-hybridized carbons (Fsp3) is 0.500. The van der Waals surface area contributed by atoms with Crippen LogP contribution in [0.1, 0.15) is 5.56 Å². The third-order valence-electron chi connectivity index (χ3n) is 2.89. The highest BCUT2D eigenvalue weighted by Crippen LogP contribution is 2.20. The third-order valence-corrected chi connectivity index (χ3v) is 3.26. The zero-order valence-corrected chi connectivity index (χ0v) is 11.5. The van der Waals surface area contributed by atoms with Gasteiger partial charge in [0.2, 0.25) is 0 Å². The Morgan fingerprint density at radius 2 is 2.28 bits per heavy atom. The minimum atomic E-state index is -0.256. The van der Waals surface area contributed by atoms with Gasteiger partial charge in [-0.1, -0.05) is 11.6 Å². The molecule has 0 radical (unpaired) electrons. The van der Waals surface area contributed by atoms with Crippen molar-refractivity contribution in [2.24, 2.45) is 5.73 Å². The minimum Gasteiger partial charge on any atom is -0.374 e. The van der Waals surface area contributed by atoms with E-state index < -0.39 is 0 Å². The summed E-state index contributed by atoms with van der Waals surface area (Å²) in [4.78, 5) is 2.18. The van der Waals surface area contributed by atoms with Crippen LogP contribution in [0, 0.1) is 5.82 Å². The van der Waals surface area contributed by atoms with Crippen molar-refractivity contribution < 1.29 is 9.13 Å². The number of hydrogen-bond acceptors (Lipinski definition) is 3. The van der Waals surface area contributed by atoms with Crippen molar-refractivity contribution >= 4 is 24.0 Å². The Labute approximate surface area is 117 Å². The van der Waals surface area contributed by atoms with Crippen molar-refractivity contribution in [1.29, 1.82) is 0 Å². The molecule has 0 bridgehead atoms. The van der Waals surface area contributed by atoms with E-state index in [-0.39, 0.29) is 24.3 Å². The summed E-state index contributed by atoms with van der Waals surface area (Å²) < 4.78 is 18.6. The Morgan fingerprint density at radius 1 is 1.50 bits per heavy atom. The number of halogens is 3. The molecule has 0 aliphatic carbocycles. The molecule has 2 rings (SSSR count). The van der Waals surface area contributed by atoms with Gasteiger partial charge in [0.15, 0.2) is 0 Å². The van der Waals surface area contributed by atoms with E-state index in [4.69, 9.17) is 22.1 Å². The molecular formula is C12H17Cl2FN2O. The van der Waals surface area contributed by atoms with E-state index in [0.717, 1.165) is 18.7 Å². The largest absolute Gasteiger partial charge is 0.374 e. The predicted molar refractivity (Wildman–Crippen MR) is 72.7 cm³/mol. The second-order valence-corrected chi connectivity index (χ2v) is 4.61. The molecule has 0 amide bonds. The molecule has 1 aromatic rings. The van der Waals surface area contributed by atoms with Gasteiger partial charge in [0.05, 0.1) is 12.7 Å². The van der Waals surface area contributed by atoms with E-state index in [1.165, 1.54) is 12.1 Å². The molecule has 18 heavy (non-hydrogen) atoms. The molecule has 1 heterocycles. The number of nitrogens with zero attached hydrogens (tertiary/aromatic N) is 1. The number of morpholine rings is 1. The molecule has 102 valence electrons. The Bertz CT molecular complexity index is 392. The number of nitrogens with two attached hydrogens (primary N) is 1. The van der Waals surface area contributed by atoms with Gasteiger partial charge in [-0.2, -0.15) is 0 Å². The maximum absolute atomic E-state index is 13.1. The van der Waals surface area contributed by atoms with Gasteiger partial charge < -0.3 is 10.5 Å². The zero-order chi connectivity index (χ0) is 12.3. The van der Waals surface area contributed by atoms with Gasteiger partial charge >= 0.3 is 0 Å². The van der Waals surface area contributed by atoms with E-state index >= 15 is 0 Å². The first kappa shape index (κ1) is 15.7. The van der Waals surface area contributed by atoms with Crippen LogP contribution in [0.25, 0.3) is 0 Å². The lowest BCUT2D eigenvalue weighted by Crippen LogP contribution is -2.45. The minimum absolute atomic E-state index is 0. The van der Waals surface area contributed by atoms with Gasteiger partial charge in [0.1, 0.15) is 5.82 Å². The van der Waals surface area contributed by atoms with E-state index in [1.54, 1.807) is 6.07 Å². The zero-order valence-electron chi connectivity index (χ0n) is 9.94. The second kappa shape index (κ2) is 7.26. The van der Waals surface area contributed by atoms with Gasteiger partial charge in [-0.25, -0.2) is 4.39 Å². The van der Waals surface area contributed by atoms with E-state index in [1.807, 2.05) is 0 Å². The maximum atomic E-state index is 13.1. The Morgan fingerprint density at radius 3 is 3.00 bits per heavy atom. The summed E-state index contributed by atoms with van der Waals surface area (Å²) >= 11 is 6.04. The number of benzene rings is 1. The number of hydrogen-bond donors (Lipinski definition) is 1. The summed E-state index contributed by atoms with van der Waals surface area (Å²) in [5.74, 6) is -0.256. The van der Waals surface area contributed by atoms with Crippen LogP contribution in [-0.4, -0.2) is 37.2 Å². The Kier molecular flexibility index (Phi) is 6.32. The van der Waals surface area contributed by atoms with Crippen molar-refractivity contribution in [3.8, 4) is 0 Å². The van der Waals surface area contributed by atoms with Gasteiger partial charge in [-0.15, -0.1) is 12.4 Å².